The third-order valence-electron chi connectivity index (χ3n) is 6.42. The molecule has 0 bridgehead atoms. The second kappa shape index (κ2) is 10.7. The zero-order chi connectivity index (χ0) is 24.9. The number of carbonyl (C=O) groups excluding carboxylic acids is 2. The van der Waals surface area contributed by atoms with Crippen LogP contribution in [-0.2, 0) is 22.6 Å². The number of aryl methyl sites for hydroxylation is 1. The molecule has 1 heterocycles. The van der Waals surface area contributed by atoms with Crippen LogP contribution in [0.5, 0.6) is 5.75 Å². The van der Waals surface area contributed by atoms with Gasteiger partial charge in [0.25, 0.3) is 5.91 Å². The van der Waals surface area contributed by atoms with E-state index in [1.54, 1.807) is 19.1 Å². The molecule has 2 amide bonds. The predicted molar refractivity (Wildman–Crippen MR) is 134 cm³/mol. The fourth-order valence-electron chi connectivity index (χ4n) is 4.44. The molecule has 5 nitrogen and oxygen atoms in total. The lowest BCUT2D eigenvalue weighted by Crippen LogP contribution is -2.40. The average Bonchev–Trinajstić information content (AvgIpc) is 2.87. The third kappa shape index (κ3) is 5.70. The summed E-state index contributed by atoms with van der Waals surface area (Å²) in [7, 11) is 0. The van der Waals surface area contributed by atoms with Crippen LogP contribution in [0.2, 0.25) is 0 Å². The van der Waals surface area contributed by atoms with Crippen molar-refractivity contribution < 1.29 is 18.7 Å². The molecule has 35 heavy (non-hydrogen) atoms. The van der Waals surface area contributed by atoms with E-state index in [-0.39, 0.29) is 23.7 Å². The molecule has 0 fully saturated rings. The highest BCUT2D eigenvalue weighted by molar-refractivity contribution is 5.80. The lowest BCUT2D eigenvalue weighted by atomic mass is 9.87. The Bertz CT molecular complexity index is 1190. The molecule has 182 valence electrons. The van der Waals surface area contributed by atoms with Gasteiger partial charge in [0.05, 0.1) is 6.04 Å². The molecule has 0 spiro atoms. The van der Waals surface area contributed by atoms with Crippen LogP contribution in [0.3, 0.4) is 0 Å². The Morgan fingerprint density at radius 2 is 1.80 bits per heavy atom. The summed E-state index contributed by atoms with van der Waals surface area (Å²) in [6.45, 7) is 6.59. The van der Waals surface area contributed by atoms with E-state index in [2.05, 4.69) is 29.6 Å². The molecule has 0 saturated carbocycles. The summed E-state index contributed by atoms with van der Waals surface area (Å²) in [6, 6.07) is 20.0. The van der Waals surface area contributed by atoms with Crippen LogP contribution in [0.15, 0.2) is 66.7 Å². The van der Waals surface area contributed by atoms with Crippen LogP contribution in [0, 0.1) is 12.7 Å². The normalized spacial score (nSPS) is 15.8. The Morgan fingerprint density at radius 3 is 2.49 bits per heavy atom. The van der Waals surface area contributed by atoms with Gasteiger partial charge in [0, 0.05) is 19.5 Å². The van der Waals surface area contributed by atoms with E-state index >= 15 is 0 Å². The quantitative estimate of drug-likeness (QED) is 0.518. The molecule has 3 aromatic rings. The van der Waals surface area contributed by atoms with Gasteiger partial charge in [0.15, 0.2) is 6.10 Å². The maximum absolute atomic E-state index is 13.1. The molecule has 1 aliphatic rings. The molecule has 0 aromatic heterocycles. The summed E-state index contributed by atoms with van der Waals surface area (Å²) in [6.07, 6.45) is 0.500. The second-order valence-electron chi connectivity index (χ2n) is 8.97. The molecule has 6 heteroatoms. The van der Waals surface area contributed by atoms with E-state index < -0.39 is 6.10 Å². The van der Waals surface area contributed by atoms with Gasteiger partial charge in [0.2, 0.25) is 5.91 Å². The van der Waals surface area contributed by atoms with Crippen molar-refractivity contribution in [2.24, 2.45) is 0 Å². The summed E-state index contributed by atoms with van der Waals surface area (Å²) in [5.41, 5.74) is 5.23. The van der Waals surface area contributed by atoms with Crippen molar-refractivity contribution in [1.82, 2.24) is 10.2 Å². The maximum atomic E-state index is 13.1. The number of ether oxygens (including phenoxy) is 1. The number of nitrogens with zero attached hydrogens (tertiary/aromatic N) is 1. The molecule has 2 atom stereocenters. The highest BCUT2D eigenvalue weighted by Gasteiger charge is 2.32. The van der Waals surface area contributed by atoms with E-state index in [1.165, 1.54) is 17.7 Å². The monoisotopic (exact) mass is 474 g/mol. The van der Waals surface area contributed by atoms with Gasteiger partial charge in [-0.15, -0.1) is 0 Å². The number of rotatable bonds is 7. The number of amides is 2. The lowest BCUT2D eigenvalue weighted by Gasteiger charge is -2.38. The first kappa shape index (κ1) is 24.5. The molecular weight excluding hydrogens is 443 g/mol. The molecule has 1 N–H and O–H groups in total. The van der Waals surface area contributed by atoms with Gasteiger partial charge < -0.3 is 15.0 Å². The summed E-state index contributed by atoms with van der Waals surface area (Å²) < 4.78 is 19.1. The number of nitrogens with one attached hydrogen (secondary N) is 1. The van der Waals surface area contributed by atoms with Crippen LogP contribution < -0.4 is 10.1 Å². The van der Waals surface area contributed by atoms with E-state index in [9.17, 15) is 14.0 Å². The SMILES string of the molecule is CCC(=O)N1CCc2ccc(OC(C)C(=O)NCc3ccc(F)cc3)cc2C1c1ccc(C)cc1. The summed E-state index contributed by atoms with van der Waals surface area (Å²) in [5.74, 6) is 0.120. The third-order valence-corrected chi connectivity index (χ3v) is 6.42. The van der Waals surface area contributed by atoms with Crippen LogP contribution >= 0.6 is 0 Å². The standard InChI is InChI=1S/C29H31FN2O3/c1-4-27(33)32-16-15-22-11-14-25(17-26(22)28(32)23-9-5-19(2)6-10-23)35-20(3)29(34)31-18-21-7-12-24(30)13-8-21/h5-14,17,20,28H,4,15-16,18H2,1-3H3,(H,31,34). The average molecular weight is 475 g/mol. The van der Waals surface area contributed by atoms with Crippen molar-refractivity contribution in [3.8, 4) is 5.75 Å². The Labute approximate surface area is 205 Å². The zero-order valence-corrected chi connectivity index (χ0v) is 20.4. The van der Waals surface area contributed by atoms with E-state index in [0.717, 1.165) is 28.7 Å². The van der Waals surface area contributed by atoms with Crippen molar-refractivity contribution in [2.45, 2.75) is 52.3 Å². The van der Waals surface area contributed by atoms with Gasteiger partial charge in [-0.3, -0.25) is 9.59 Å². The first-order chi connectivity index (χ1) is 16.9. The van der Waals surface area contributed by atoms with Crippen LogP contribution in [0.25, 0.3) is 0 Å². The number of halogens is 1. The van der Waals surface area contributed by atoms with Gasteiger partial charge in [-0.05, 0) is 66.8 Å². The first-order valence-corrected chi connectivity index (χ1v) is 12.0. The number of hydrogen-bond acceptors (Lipinski definition) is 3. The number of hydrogen-bond donors (Lipinski definition) is 1. The van der Waals surface area contributed by atoms with Crippen LogP contribution in [-0.4, -0.2) is 29.4 Å². The molecule has 0 radical (unpaired) electrons. The smallest absolute Gasteiger partial charge is 0.261 e. The molecule has 4 rings (SSSR count). The Hall–Kier alpha value is -3.67. The zero-order valence-electron chi connectivity index (χ0n) is 20.4. The molecule has 2 unspecified atom stereocenters. The van der Waals surface area contributed by atoms with Crippen LogP contribution in [0.1, 0.15) is 54.1 Å². The minimum Gasteiger partial charge on any atom is -0.481 e. The Balaban J connectivity index is 1.53. The molecule has 1 aliphatic heterocycles. The van der Waals surface area contributed by atoms with E-state index in [1.807, 2.05) is 36.9 Å². The molecule has 3 aromatic carbocycles. The van der Waals surface area contributed by atoms with Gasteiger partial charge in [-0.1, -0.05) is 55.0 Å². The van der Waals surface area contributed by atoms with Gasteiger partial charge in [-0.2, -0.15) is 0 Å². The highest BCUT2D eigenvalue weighted by Crippen LogP contribution is 2.37. The fraction of sp³-hybridized carbons (Fsp3) is 0.310. The van der Waals surface area contributed by atoms with Gasteiger partial charge in [-0.25, -0.2) is 4.39 Å². The summed E-state index contributed by atoms with van der Waals surface area (Å²) in [4.78, 5) is 27.4. The second-order valence-corrected chi connectivity index (χ2v) is 8.97. The summed E-state index contributed by atoms with van der Waals surface area (Å²) >= 11 is 0. The van der Waals surface area contributed by atoms with Crippen molar-refractivity contribution in [3.05, 3.63) is 100 Å². The predicted octanol–water partition coefficient (Wildman–Crippen LogP) is 5.10. The highest BCUT2D eigenvalue weighted by atomic mass is 19.1. The fourth-order valence-corrected chi connectivity index (χ4v) is 4.44. The van der Waals surface area contributed by atoms with Crippen molar-refractivity contribution in [2.75, 3.05) is 6.54 Å². The maximum Gasteiger partial charge on any atom is 0.261 e. The van der Waals surface area contributed by atoms with Crippen molar-refractivity contribution >= 4 is 11.8 Å². The largest absolute Gasteiger partial charge is 0.481 e. The van der Waals surface area contributed by atoms with E-state index in [0.29, 0.717) is 25.3 Å². The molecule has 0 aliphatic carbocycles. The number of fused-ring (bicyclic) bond motifs is 1. The van der Waals surface area contributed by atoms with Crippen LogP contribution in [0.4, 0.5) is 4.39 Å². The topological polar surface area (TPSA) is 58.6 Å². The minimum atomic E-state index is -0.719. The van der Waals surface area contributed by atoms with Gasteiger partial charge >= 0.3 is 0 Å². The number of benzene rings is 3. The molecule has 0 saturated heterocycles. The minimum absolute atomic E-state index is 0.112. The van der Waals surface area contributed by atoms with Gasteiger partial charge in [0.1, 0.15) is 11.6 Å². The molecular formula is C29H31FN2O3. The summed E-state index contributed by atoms with van der Waals surface area (Å²) in [5, 5.41) is 2.83. The first-order valence-electron chi connectivity index (χ1n) is 12.0. The number of carbonyl (C=O) groups is 2. The van der Waals surface area contributed by atoms with Crippen molar-refractivity contribution in [1.29, 1.82) is 0 Å². The Kier molecular flexibility index (Phi) is 7.49. The Morgan fingerprint density at radius 1 is 1.09 bits per heavy atom. The van der Waals surface area contributed by atoms with E-state index in [4.69, 9.17) is 4.74 Å². The van der Waals surface area contributed by atoms with Crippen molar-refractivity contribution in [3.63, 3.8) is 0 Å². The lowest BCUT2D eigenvalue weighted by molar-refractivity contribution is -0.133.